The summed E-state index contributed by atoms with van der Waals surface area (Å²) in [6.45, 7) is 2.49. The fraction of sp³-hybridized carbons (Fsp3) is 0.591. The van der Waals surface area contributed by atoms with Crippen molar-refractivity contribution in [2.24, 2.45) is 0 Å². The summed E-state index contributed by atoms with van der Waals surface area (Å²) in [5, 5.41) is 0. The van der Waals surface area contributed by atoms with Crippen molar-refractivity contribution in [1.29, 1.82) is 0 Å². The molecule has 0 saturated heterocycles. The third-order valence-corrected chi connectivity index (χ3v) is 6.83. The van der Waals surface area contributed by atoms with Crippen molar-refractivity contribution in [2.75, 3.05) is 12.9 Å². The van der Waals surface area contributed by atoms with Crippen LogP contribution in [0, 0.1) is 6.92 Å². The van der Waals surface area contributed by atoms with Gasteiger partial charge in [0.1, 0.15) is 5.76 Å². The summed E-state index contributed by atoms with van der Waals surface area (Å²) < 4.78 is 17.4. The fourth-order valence-electron chi connectivity index (χ4n) is 4.69. The summed E-state index contributed by atoms with van der Waals surface area (Å²) in [7, 11) is 0. The summed E-state index contributed by atoms with van der Waals surface area (Å²) in [5.41, 5.74) is 2.06. The third-order valence-electron chi connectivity index (χ3n) is 6.29. The van der Waals surface area contributed by atoms with Gasteiger partial charge in [-0.25, -0.2) is 0 Å². The van der Waals surface area contributed by atoms with Crippen molar-refractivity contribution >= 4 is 11.9 Å². The van der Waals surface area contributed by atoms with Crippen molar-refractivity contribution in [1.82, 2.24) is 9.29 Å². The second-order valence-corrected chi connectivity index (χ2v) is 8.68. The molecule has 28 heavy (non-hydrogen) atoms. The second-order valence-electron chi connectivity index (χ2n) is 8.04. The highest BCUT2D eigenvalue weighted by Crippen LogP contribution is 2.35. The molecule has 4 rings (SSSR count). The Morgan fingerprint density at radius 1 is 1.21 bits per heavy atom. The number of fused-ring (bicyclic) bond motifs is 1. The molecular weight excluding hydrogens is 372 g/mol. The SMILES string of the molecule is CSNC1CCc2ccc(C)c(=O)n2C1COC1CCC(c2ccco2)CC1. The van der Waals surface area contributed by atoms with Crippen LogP contribution >= 0.6 is 11.9 Å². The summed E-state index contributed by atoms with van der Waals surface area (Å²) in [5.74, 6) is 1.62. The predicted octanol–water partition coefficient (Wildman–Crippen LogP) is 4.22. The first-order valence-electron chi connectivity index (χ1n) is 10.3. The largest absolute Gasteiger partial charge is 0.469 e. The lowest BCUT2D eigenvalue weighted by molar-refractivity contribution is -0.00246. The van der Waals surface area contributed by atoms with Gasteiger partial charge in [-0.15, -0.1) is 0 Å². The van der Waals surface area contributed by atoms with Crippen LogP contribution in [0.3, 0.4) is 0 Å². The molecule has 2 aromatic rings. The van der Waals surface area contributed by atoms with Crippen molar-refractivity contribution in [3.63, 3.8) is 0 Å². The molecule has 5 nitrogen and oxygen atoms in total. The van der Waals surface area contributed by atoms with E-state index in [1.807, 2.05) is 29.9 Å². The third kappa shape index (κ3) is 4.09. The molecule has 0 radical (unpaired) electrons. The molecule has 2 atom stereocenters. The lowest BCUT2D eigenvalue weighted by Gasteiger charge is -2.37. The minimum Gasteiger partial charge on any atom is -0.469 e. The molecule has 1 aliphatic heterocycles. The van der Waals surface area contributed by atoms with E-state index >= 15 is 0 Å². The number of nitrogens with one attached hydrogen (secondary N) is 1. The number of ether oxygens (including phenoxy) is 1. The molecule has 1 fully saturated rings. The van der Waals surface area contributed by atoms with Gasteiger partial charge in [0.05, 0.1) is 25.0 Å². The lowest BCUT2D eigenvalue weighted by atomic mass is 9.86. The van der Waals surface area contributed by atoms with Gasteiger partial charge >= 0.3 is 0 Å². The van der Waals surface area contributed by atoms with Crippen molar-refractivity contribution < 1.29 is 9.15 Å². The maximum Gasteiger partial charge on any atom is 0.254 e. The molecule has 0 bridgehead atoms. The van der Waals surface area contributed by atoms with Crippen LogP contribution in [-0.4, -0.2) is 29.6 Å². The van der Waals surface area contributed by atoms with Gasteiger partial charge in [0, 0.05) is 23.2 Å². The zero-order chi connectivity index (χ0) is 19.5. The van der Waals surface area contributed by atoms with E-state index < -0.39 is 0 Å². The summed E-state index contributed by atoms with van der Waals surface area (Å²) in [6, 6.07) is 8.40. The number of hydrogen-bond acceptors (Lipinski definition) is 5. The molecule has 3 heterocycles. The molecule has 0 amide bonds. The van der Waals surface area contributed by atoms with Gasteiger partial charge in [0.15, 0.2) is 0 Å². The first kappa shape index (κ1) is 19.8. The topological polar surface area (TPSA) is 56.4 Å². The molecule has 2 aromatic heterocycles. The van der Waals surface area contributed by atoms with Gasteiger partial charge in [-0.05, 0) is 69.9 Å². The number of aromatic nitrogens is 1. The number of pyridine rings is 1. The standard InChI is InChI=1S/C22H30N2O3S/c1-15-5-8-17-9-12-19(23-28-2)20(24(17)22(15)25)14-27-18-10-6-16(7-11-18)21-4-3-13-26-21/h3-5,8,13,16,18-20,23H,6-7,9-12,14H2,1-2H3. The van der Waals surface area contributed by atoms with Crippen LogP contribution in [0.4, 0.5) is 0 Å². The Morgan fingerprint density at radius 3 is 2.75 bits per heavy atom. The van der Waals surface area contributed by atoms with E-state index in [1.165, 1.54) is 0 Å². The highest BCUT2D eigenvalue weighted by Gasteiger charge is 2.32. The average Bonchev–Trinajstić information content (AvgIpc) is 3.25. The fourth-order valence-corrected chi connectivity index (χ4v) is 5.27. The van der Waals surface area contributed by atoms with E-state index in [-0.39, 0.29) is 23.7 Å². The Labute approximate surface area is 171 Å². The summed E-state index contributed by atoms with van der Waals surface area (Å²) in [4.78, 5) is 12.9. The van der Waals surface area contributed by atoms with Gasteiger partial charge < -0.3 is 13.7 Å². The van der Waals surface area contributed by atoms with Crippen molar-refractivity contribution in [3.05, 3.63) is 57.9 Å². The molecule has 2 unspecified atom stereocenters. The Morgan fingerprint density at radius 2 is 2.04 bits per heavy atom. The van der Waals surface area contributed by atoms with Crippen LogP contribution < -0.4 is 10.3 Å². The average molecular weight is 403 g/mol. The van der Waals surface area contributed by atoms with E-state index in [1.54, 1.807) is 18.2 Å². The van der Waals surface area contributed by atoms with E-state index in [4.69, 9.17) is 9.15 Å². The van der Waals surface area contributed by atoms with Crippen LogP contribution in [0.1, 0.15) is 61.1 Å². The lowest BCUT2D eigenvalue weighted by Crippen LogP contribution is -2.46. The Balaban J connectivity index is 1.43. The molecule has 0 aromatic carbocycles. The summed E-state index contributed by atoms with van der Waals surface area (Å²) >= 11 is 1.63. The Bertz CT molecular complexity index is 825. The van der Waals surface area contributed by atoms with Gasteiger partial charge in [0.2, 0.25) is 0 Å². The molecule has 1 saturated carbocycles. The summed E-state index contributed by atoms with van der Waals surface area (Å²) in [6.07, 6.45) is 10.3. The van der Waals surface area contributed by atoms with E-state index in [2.05, 4.69) is 16.9 Å². The second kappa shape index (κ2) is 8.89. The van der Waals surface area contributed by atoms with Gasteiger partial charge in [-0.3, -0.25) is 9.52 Å². The van der Waals surface area contributed by atoms with E-state index in [0.29, 0.717) is 12.5 Å². The van der Waals surface area contributed by atoms with Crippen LogP contribution in [0.15, 0.2) is 39.7 Å². The van der Waals surface area contributed by atoms with Crippen molar-refractivity contribution in [2.45, 2.75) is 69.6 Å². The zero-order valence-corrected chi connectivity index (χ0v) is 17.5. The minimum atomic E-state index is 0.0476. The first-order valence-corrected chi connectivity index (χ1v) is 11.5. The van der Waals surface area contributed by atoms with E-state index in [9.17, 15) is 4.79 Å². The smallest absolute Gasteiger partial charge is 0.254 e. The van der Waals surface area contributed by atoms with Gasteiger partial charge in [-0.2, -0.15) is 0 Å². The number of hydrogen-bond donors (Lipinski definition) is 1. The molecule has 152 valence electrons. The zero-order valence-electron chi connectivity index (χ0n) is 16.7. The molecule has 0 spiro atoms. The maximum absolute atomic E-state index is 12.9. The molecule has 1 aliphatic carbocycles. The van der Waals surface area contributed by atoms with Crippen LogP contribution in [0.25, 0.3) is 0 Å². The number of rotatable bonds is 6. The first-order chi connectivity index (χ1) is 13.7. The maximum atomic E-state index is 12.9. The highest BCUT2D eigenvalue weighted by atomic mass is 32.2. The van der Waals surface area contributed by atoms with Crippen LogP contribution in [0.5, 0.6) is 0 Å². The molecule has 1 N–H and O–H groups in total. The Kier molecular flexibility index (Phi) is 6.28. The quantitative estimate of drug-likeness (QED) is 0.734. The molecule has 2 aliphatic rings. The highest BCUT2D eigenvalue weighted by molar-refractivity contribution is 7.96. The number of nitrogens with zero attached hydrogens (tertiary/aromatic N) is 1. The number of furan rings is 1. The monoisotopic (exact) mass is 402 g/mol. The number of aryl methyl sites for hydroxylation is 2. The molecular formula is C22H30N2O3S. The van der Waals surface area contributed by atoms with Crippen LogP contribution in [-0.2, 0) is 11.2 Å². The minimum absolute atomic E-state index is 0.0476. The van der Waals surface area contributed by atoms with Crippen LogP contribution in [0.2, 0.25) is 0 Å². The van der Waals surface area contributed by atoms with Gasteiger partial charge in [0.25, 0.3) is 5.56 Å². The normalized spacial score (nSPS) is 27.5. The molecule has 6 heteroatoms. The van der Waals surface area contributed by atoms with E-state index in [0.717, 1.165) is 55.5 Å². The Hall–Kier alpha value is -1.50. The van der Waals surface area contributed by atoms with Crippen molar-refractivity contribution in [3.8, 4) is 0 Å². The predicted molar refractivity (Wildman–Crippen MR) is 113 cm³/mol. The van der Waals surface area contributed by atoms with Gasteiger partial charge in [-0.1, -0.05) is 18.0 Å².